The van der Waals surface area contributed by atoms with Crippen molar-refractivity contribution in [3.63, 3.8) is 0 Å². The number of alkyl halides is 3. The van der Waals surface area contributed by atoms with Gasteiger partial charge in [0.25, 0.3) is 0 Å². The SMILES string of the molecule is CC(CN=C(N)Nc1ccc(OC(F)(F)F)cc1)N(C)c1ccccc1.I. The Balaban J connectivity index is 0.00000364. The number of benzene rings is 2. The first-order valence-corrected chi connectivity index (χ1v) is 7.95. The molecular weight excluding hydrogens is 472 g/mol. The molecule has 1 unspecified atom stereocenters. The largest absolute Gasteiger partial charge is 0.573 e. The smallest absolute Gasteiger partial charge is 0.406 e. The fourth-order valence-corrected chi connectivity index (χ4v) is 2.20. The van der Waals surface area contributed by atoms with Gasteiger partial charge in [0.05, 0.1) is 6.54 Å². The van der Waals surface area contributed by atoms with E-state index in [1.54, 1.807) is 0 Å². The third-order valence-corrected chi connectivity index (χ3v) is 3.71. The second-order valence-electron chi connectivity index (χ2n) is 5.72. The molecule has 2 aromatic carbocycles. The molecule has 0 radical (unpaired) electrons. The van der Waals surface area contributed by atoms with Crippen molar-refractivity contribution in [1.82, 2.24) is 0 Å². The van der Waals surface area contributed by atoms with Crippen LogP contribution in [0.25, 0.3) is 0 Å². The maximum absolute atomic E-state index is 12.1. The van der Waals surface area contributed by atoms with Crippen LogP contribution in [0.5, 0.6) is 5.75 Å². The normalized spacial score (nSPS) is 12.7. The van der Waals surface area contributed by atoms with Gasteiger partial charge >= 0.3 is 6.36 Å². The van der Waals surface area contributed by atoms with Gasteiger partial charge in [-0.25, -0.2) is 0 Å². The molecule has 0 aliphatic carbocycles. The number of guanidine groups is 1. The second-order valence-corrected chi connectivity index (χ2v) is 5.72. The lowest BCUT2D eigenvalue weighted by Crippen LogP contribution is -2.33. The Bertz CT molecular complexity index is 724. The molecule has 2 rings (SSSR count). The van der Waals surface area contributed by atoms with Crippen molar-refractivity contribution >= 4 is 41.3 Å². The number of nitrogens with zero attached hydrogens (tertiary/aromatic N) is 2. The Labute approximate surface area is 173 Å². The molecule has 148 valence electrons. The fraction of sp³-hybridized carbons (Fsp3) is 0.278. The number of halogens is 4. The molecule has 0 saturated heterocycles. The van der Waals surface area contributed by atoms with E-state index in [1.807, 2.05) is 44.3 Å². The summed E-state index contributed by atoms with van der Waals surface area (Å²) >= 11 is 0. The van der Waals surface area contributed by atoms with E-state index >= 15 is 0 Å². The third kappa shape index (κ3) is 7.94. The molecule has 1 atom stereocenters. The van der Waals surface area contributed by atoms with Crippen LogP contribution in [0.2, 0.25) is 0 Å². The molecule has 0 aromatic heterocycles. The minimum atomic E-state index is -4.71. The van der Waals surface area contributed by atoms with E-state index < -0.39 is 6.36 Å². The third-order valence-electron chi connectivity index (χ3n) is 3.71. The van der Waals surface area contributed by atoms with Crippen molar-refractivity contribution in [2.75, 3.05) is 23.8 Å². The zero-order valence-electron chi connectivity index (χ0n) is 14.9. The van der Waals surface area contributed by atoms with Gasteiger partial charge < -0.3 is 20.7 Å². The molecule has 2 aromatic rings. The standard InChI is InChI=1S/C18H21F3N4O.HI/c1-13(25(2)15-6-4-3-5-7-15)12-23-17(22)24-14-8-10-16(11-9-14)26-18(19,20)21;/h3-11,13H,12H2,1-2H3,(H3,22,23,24);1H. The number of aliphatic imine (C=N–C) groups is 1. The van der Waals surface area contributed by atoms with Crippen molar-refractivity contribution in [1.29, 1.82) is 0 Å². The van der Waals surface area contributed by atoms with Gasteiger partial charge in [-0.1, -0.05) is 18.2 Å². The van der Waals surface area contributed by atoms with Crippen LogP contribution in [0.3, 0.4) is 0 Å². The molecule has 0 aliphatic heterocycles. The van der Waals surface area contributed by atoms with E-state index in [-0.39, 0.29) is 41.7 Å². The highest BCUT2D eigenvalue weighted by Crippen LogP contribution is 2.23. The quantitative estimate of drug-likeness (QED) is 0.354. The van der Waals surface area contributed by atoms with Crippen LogP contribution in [0.15, 0.2) is 59.6 Å². The maximum Gasteiger partial charge on any atom is 0.573 e. The molecule has 3 N–H and O–H groups in total. The van der Waals surface area contributed by atoms with E-state index in [9.17, 15) is 13.2 Å². The van der Waals surface area contributed by atoms with Gasteiger partial charge in [-0.2, -0.15) is 0 Å². The summed E-state index contributed by atoms with van der Waals surface area (Å²) in [6.45, 7) is 2.48. The van der Waals surface area contributed by atoms with Gasteiger partial charge in [-0.3, -0.25) is 4.99 Å². The summed E-state index contributed by atoms with van der Waals surface area (Å²) in [4.78, 5) is 6.36. The van der Waals surface area contributed by atoms with Crippen molar-refractivity contribution in [2.24, 2.45) is 10.7 Å². The first-order valence-electron chi connectivity index (χ1n) is 7.95. The van der Waals surface area contributed by atoms with Crippen LogP contribution in [0, 0.1) is 0 Å². The van der Waals surface area contributed by atoms with Crippen molar-refractivity contribution in [3.8, 4) is 5.75 Å². The highest BCUT2D eigenvalue weighted by Gasteiger charge is 2.30. The van der Waals surface area contributed by atoms with E-state index in [4.69, 9.17) is 5.73 Å². The number of rotatable bonds is 6. The molecular formula is C18H22F3IN4O. The lowest BCUT2D eigenvalue weighted by Gasteiger charge is -2.25. The predicted octanol–water partition coefficient (Wildman–Crippen LogP) is 4.45. The van der Waals surface area contributed by atoms with Gasteiger partial charge in [-0.15, -0.1) is 37.1 Å². The first kappa shape index (κ1) is 22.9. The van der Waals surface area contributed by atoms with Crippen LogP contribution >= 0.6 is 24.0 Å². The van der Waals surface area contributed by atoms with Gasteiger partial charge in [-0.05, 0) is 43.3 Å². The Morgan fingerprint density at radius 2 is 1.74 bits per heavy atom. The summed E-state index contributed by atoms with van der Waals surface area (Å²) in [5.74, 6) is -0.112. The number of ether oxygens (including phenoxy) is 1. The predicted molar refractivity (Wildman–Crippen MR) is 113 cm³/mol. The topological polar surface area (TPSA) is 62.9 Å². The molecule has 27 heavy (non-hydrogen) atoms. The molecule has 0 fully saturated rings. The van der Waals surface area contributed by atoms with Crippen LogP contribution in [-0.2, 0) is 0 Å². The molecule has 0 spiro atoms. The number of para-hydroxylation sites is 1. The Morgan fingerprint density at radius 1 is 1.15 bits per heavy atom. The molecule has 0 amide bonds. The average molecular weight is 494 g/mol. The highest BCUT2D eigenvalue weighted by molar-refractivity contribution is 14.0. The fourth-order valence-electron chi connectivity index (χ4n) is 2.20. The zero-order chi connectivity index (χ0) is 19.2. The van der Waals surface area contributed by atoms with E-state index in [1.165, 1.54) is 24.3 Å². The highest BCUT2D eigenvalue weighted by atomic mass is 127. The van der Waals surface area contributed by atoms with Gasteiger partial charge in [0.2, 0.25) is 0 Å². The van der Waals surface area contributed by atoms with Gasteiger partial charge in [0, 0.05) is 24.5 Å². The van der Waals surface area contributed by atoms with Crippen molar-refractivity contribution in [3.05, 3.63) is 54.6 Å². The maximum atomic E-state index is 12.1. The summed E-state index contributed by atoms with van der Waals surface area (Å²) < 4.78 is 40.2. The zero-order valence-corrected chi connectivity index (χ0v) is 17.2. The number of anilines is 2. The minimum Gasteiger partial charge on any atom is -0.406 e. The molecule has 0 saturated carbocycles. The van der Waals surface area contributed by atoms with E-state index in [0.29, 0.717) is 12.2 Å². The van der Waals surface area contributed by atoms with E-state index in [2.05, 4.69) is 19.9 Å². The Hall–Kier alpha value is -2.17. The lowest BCUT2D eigenvalue weighted by atomic mass is 10.2. The monoisotopic (exact) mass is 494 g/mol. The second kappa shape index (κ2) is 10.2. The number of hydrogen-bond donors (Lipinski definition) is 2. The van der Waals surface area contributed by atoms with Crippen LogP contribution in [0.1, 0.15) is 6.92 Å². The number of hydrogen-bond acceptors (Lipinski definition) is 3. The summed E-state index contributed by atoms with van der Waals surface area (Å²) in [6.07, 6.45) is -4.71. The molecule has 0 aliphatic rings. The summed E-state index contributed by atoms with van der Waals surface area (Å²) in [7, 11) is 1.97. The summed E-state index contributed by atoms with van der Waals surface area (Å²) in [5, 5.41) is 2.84. The van der Waals surface area contributed by atoms with Crippen molar-refractivity contribution < 1.29 is 17.9 Å². The Kier molecular flexibility index (Phi) is 8.67. The molecule has 9 heteroatoms. The molecule has 5 nitrogen and oxygen atoms in total. The first-order chi connectivity index (χ1) is 12.2. The number of nitrogens with one attached hydrogen (secondary N) is 1. The van der Waals surface area contributed by atoms with Crippen molar-refractivity contribution in [2.45, 2.75) is 19.3 Å². The lowest BCUT2D eigenvalue weighted by molar-refractivity contribution is -0.274. The van der Waals surface area contributed by atoms with E-state index in [0.717, 1.165) is 5.69 Å². The minimum absolute atomic E-state index is 0. The average Bonchev–Trinajstić information content (AvgIpc) is 2.60. The van der Waals surface area contributed by atoms with Gasteiger partial charge in [0.15, 0.2) is 5.96 Å². The van der Waals surface area contributed by atoms with Crippen LogP contribution in [-0.4, -0.2) is 32.0 Å². The number of nitrogens with two attached hydrogens (primary N) is 1. The van der Waals surface area contributed by atoms with Crippen LogP contribution in [0.4, 0.5) is 24.5 Å². The van der Waals surface area contributed by atoms with Crippen LogP contribution < -0.4 is 20.7 Å². The van der Waals surface area contributed by atoms with Gasteiger partial charge in [0.1, 0.15) is 5.75 Å². The Morgan fingerprint density at radius 3 is 2.30 bits per heavy atom. The molecule has 0 heterocycles. The summed E-state index contributed by atoms with van der Waals surface area (Å²) in [5.41, 5.74) is 7.43. The number of likely N-dealkylation sites (N-methyl/N-ethyl adjacent to an activating group) is 1. The summed E-state index contributed by atoms with van der Waals surface area (Å²) in [6, 6.07) is 15.3. The molecule has 0 bridgehead atoms.